The van der Waals surface area contributed by atoms with Gasteiger partial charge in [0.15, 0.2) is 0 Å². The van der Waals surface area contributed by atoms with Gasteiger partial charge in [0.2, 0.25) is 0 Å². The summed E-state index contributed by atoms with van der Waals surface area (Å²) >= 11 is 0. The number of carbonyl (C=O) groups excluding carboxylic acids is 1. The van der Waals surface area contributed by atoms with Crippen LogP contribution in [0.3, 0.4) is 0 Å². The molecule has 0 unspecified atom stereocenters. The van der Waals surface area contributed by atoms with Crippen molar-refractivity contribution in [3.05, 3.63) is 23.8 Å². The Morgan fingerprint density at radius 2 is 1.94 bits per heavy atom. The molecular formula is C12H16O4. The van der Waals surface area contributed by atoms with Crippen LogP contribution in [0.4, 0.5) is 0 Å². The lowest BCUT2D eigenvalue weighted by Gasteiger charge is -2.17. The molecule has 2 N–H and O–H groups in total. The Kier molecular flexibility index (Phi) is 3.42. The van der Waals surface area contributed by atoms with Crippen LogP contribution < -0.4 is 0 Å². The number of phenolic OH excluding ortho intramolecular Hbond substituents is 2. The maximum absolute atomic E-state index is 11.6. The van der Waals surface area contributed by atoms with Gasteiger partial charge < -0.3 is 14.9 Å². The van der Waals surface area contributed by atoms with Crippen molar-refractivity contribution in [2.24, 2.45) is 5.41 Å². The standard InChI is InChI=1S/C12H16O4/c1-12(2,3)7-16-11(15)9-6-8(13)4-5-10(9)14/h4-6,13-14H,7H2,1-3H3. The topological polar surface area (TPSA) is 66.8 Å². The zero-order valence-corrected chi connectivity index (χ0v) is 9.65. The fourth-order valence-corrected chi connectivity index (χ4v) is 1.05. The van der Waals surface area contributed by atoms with Gasteiger partial charge in [-0.2, -0.15) is 0 Å². The summed E-state index contributed by atoms with van der Waals surface area (Å²) in [6, 6.07) is 3.74. The highest BCUT2D eigenvalue weighted by Gasteiger charge is 2.17. The predicted octanol–water partition coefficient (Wildman–Crippen LogP) is 2.30. The lowest BCUT2D eigenvalue weighted by atomic mass is 9.99. The van der Waals surface area contributed by atoms with Crippen molar-refractivity contribution in [3.63, 3.8) is 0 Å². The second-order valence-corrected chi connectivity index (χ2v) is 4.84. The Balaban J connectivity index is 2.77. The van der Waals surface area contributed by atoms with Crippen LogP contribution in [0.15, 0.2) is 18.2 Å². The molecule has 0 saturated heterocycles. The van der Waals surface area contributed by atoms with E-state index in [0.717, 1.165) is 0 Å². The molecule has 4 heteroatoms. The highest BCUT2D eigenvalue weighted by molar-refractivity contribution is 5.92. The third kappa shape index (κ3) is 3.46. The van der Waals surface area contributed by atoms with E-state index in [9.17, 15) is 15.0 Å². The zero-order chi connectivity index (χ0) is 12.3. The molecular weight excluding hydrogens is 208 g/mol. The molecule has 0 saturated carbocycles. The highest BCUT2D eigenvalue weighted by Crippen LogP contribution is 2.23. The number of phenols is 2. The minimum absolute atomic E-state index is 0.0238. The third-order valence-corrected chi connectivity index (χ3v) is 1.84. The smallest absolute Gasteiger partial charge is 0.342 e. The summed E-state index contributed by atoms with van der Waals surface area (Å²) in [6.45, 7) is 6.05. The maximum atomic E-state index is 11.6. The van der Waals surface area contributed by atoms with Crippen molar-refractivity contribution in [1.82, 2.24) is 0 Å². The molecule has 0 fully saturated rings. The summed E-state index contributed by atoms with van der Waals surface area (Å²) in [4.78, 5) is 11.6. The number of carbonyl (C=O) groups is 1. The second-order valence-electron chi connectivity index (χ2n) is 4.84. The van der Waals surface area contributed by atoms with Crippen LogP contribution in [-0.4, -0.2) is 22.8 Å². The fourth-order valence-electron chi connectivity index (χ4n) is 1.05. The Morgan fingerprint density at radius 1 is 1.31 bits per heavy atom. The van der Waals surface area contributed by atoms with Gasteiger partial charge in [-0.25, -0.2) is 4.79 Å². The quantitative estimate of drug-likeness (QED) is 0.597. The number of ether oxygens (including phenoxy) is 1. The van der Waals surface area contributed by atoms with E-state index in [1.54, 1.807) is 0 Å². The van der Waals surface area contributed by atoms with Crippen LogP contribution in [0.2, 0.25) is 0 Å². The summed E-state index contributed by atoms with van der Waals surface area (Å²) in [7, 11) is 0. The van der Waals surface area contributed by atoms with Crippen LogP contribution in [0.25, 0.3) is 0 Å². The zero-order valence-electron chi connectivity index (χ0n) is 9.65. The van der Waals surface area contributed by atoms with Crippen LogP contribution in [0.1, 0.15) is 31.1 Å². The van der Waals surface area contributed by atoms with Crippen LogP contribution in [0, 0.1) is 5.41 Å². The normalized spacial score (nSPS) is 11.2. The van der Waals surface area contributed by atoms with Crippen molar-refractivity contribution in [2.45, 2.75) is 20.8 Å². The molecule has 0 heterocycles. The first-order valence-corrected chi connectivity index (χ1v) is 4.99. The van der Waals surface area contributed by atoms with E-state index in [0.29, 0.717) is 0 Å². The van der Waals surface area contributed by atoms with Gasteiger partial charge in [0.25, 0.3) is 0 Å². The number of benzene rings is 1. The van der Waals surface area contributed by atoms with Gasteiger partial charge in [0.05, 0.1) is 6.61 Å². The monoisotopic (exact) mass is 224 g/mol. The molecule has 1 rings (SSSR count). The fraction of sp³-hybridized carbons (Fsp3) is 0.417. The van der Waals surface area contributed by atoms with E-state index in [1.807, 2.05) is 20.8 Å². The lowest BCUT2D eigenvalue weighted by Crippen LogP contribution is -2.18. The molecule has 0 amide bonds. The summed E-state index contributed by atoms with van der Waals surface area (Å²) in [6.07, 6.45) is 0. The number of hydrogen-bond donors (Lipinski definition) is 2. The molecule has 1 aromatic rings. The van der Waals surface area contributed by atoms with Crippen molar-refractivity contribution in [1.29, 1.82) is 0 Å². The Hall–Kier alpha value is -1.71. The maximum Gasteiger partial charge on any atom is 0.342 e. The summed E-state index contributed by atoms with van der Waals surface area (Å²) in [5.41, 5.74) is -0.161. The SMILES string of the molecule is CC(C)(C)COC(=O)c1cc(O)ccc1O. The molecule has 0 aromatic heterocycles. The number of rotatable bonds is 2. The van der Waals surface area contributed by atoms with Gasteiger partial charge in [-0.05, 0) is 23.6 Å². The van der Waals surface area contributed by atoms with Crippen molar-refractivity contribution in [3.8, 4) is 11.5 Å². The summed E-state index contributed by atoms with van der Waals surface area (Å²) in [5.74, 6) is -0.916. The number of aromatic hydroxyl groups is 2. The number of esters is 1. The van der Waals surface area contributed by atoms with E-state index in [2.05, 4.69) is 0 Å². The molecule has 4 nitrogen and oxygen atoms in total. The van der Waals surface area contributed by atoms with E-state index >= 15 is 0 Å². The van der Waals surface area contributed by atoms with E-state index in [-0.39, 0.29) is 29.1 Å². The molecule has 0 radical (unpaired) electrons. The Bertz CT molecular complexity index is 390. The average Bonchev–Trinajstić information content (AvgIpc) is 2.17. The summed E-state index contributed by atoms with van der Waals surface area (Å²) < 4.78 is 5.02. The van der Waals surface area contributed by atoms with E-state index in [1.165, 1.54) is 18.2 Å². The minimum Gasteiger partial charge on any atom is -0.508 e. The van der Waals surface area contributed by atoms with Crippen LogP contribution >= 0.6 is 0 Å². The molecule has 1 aromatic carbocycles. The molecule has 0 aliphatic rings. The average molecular weight is 224 g/mol. The molecule has 88 valence electrons. The molecule has 0 atom stereocenters. The molecule has 0 aliphatic carbocycles. The highest BCUT2D eigenvalue weighted by atomic mass is 16.5. The first-order chi connectivity index (χ1) is 7.29. The lowest BCUT2D eigenvalue weighted by molar-refractivity contribution is 0.0363. The first kappa shape index (κ1) is 12.4. The van der Waals surface area contributed by atoms with Crippen molar-refractivity contribution in [2.75, 3.05) is 6.61 Å². The van der Waals surface area contributed by atoms with Gasteiger partial charge in [0.1, 0.15) is 17.1 Å². The summed E-state index contributed by atoms with van der Waals surface area (Å²) in [5, 5.41) is 18.6. The van der Waals surface area contributed by atoms with E-state index < -0.39 is 5.97 Å². The van der Waals surface area contributed by atoms with Gasteiger partial charge >= 0.3 is 5.97 Å². The number of hydrogen-bond acceptors (Lipinski definition) is 4. The Morgan fingerprint density at radius 3 is 2.50 bits per heavy atom. The van der Waals surface area contributed by atoms with Gasteiger partial charge in [-0.15, -0.1) is 0 Å². The molecule has 16 heavy (non-hydrogen) atoms. The first-order valence-electron chi connectivity index (χ1n) is 4.99. The Labute approximate surface area is 94.5 Å². The second kappa shape index (κ2) is 4.43. The minimum atomic E-state index is -0.636. The van der Waals surface area contributed by atoms with E-state index in [4.69, 9.17) is 4.74 Å². The van der Waals surface area contributed by atoms with Gasteiger partial charge in [-0.3, -0.25) is 0 Å². The largest absolute Gasteiger partial charge is 0.508 e. The van der Waals surface area contributed by atoms with Crippen molar-refractivity contribution >= 4 is 5.97 Å². The molecule has 0 aliphatic heterocycles. The van der Waals surface area contributed by atoms with Crippen molar-refractivity contribution < 1.29 is 19.7 Å². The van der Waals surface area contributed by atoms with Gasteiger partial charge in [0, 0.05) is 0 Å². The predicted molar refractivity (Wildman–Crippen MR) is 59.5 cm³/mol. The third-order valence-electron chi connectivity index (χ3n) is 1.84. The van der Waals surface area contributed by atoms with Gasteiger partial charge in [-0.1, -0.05) is 20.8 Å². The molecule has 0 bridgehead atoms. The van der Waals surface area contributed by atoms with Crippen LogP contribution in [-0.2, 0) is 4.74 Å². The molecule has 0 spiro atoms. The van der Waals surface area contributed by atoms with Crippen LogP contribution in [0.5, 0.6) is 11.5 Å².